The van der Waals surface area contributed by atoms with E-state index in [4.69, 9.17) is 5.73 Å². The van der Waals surface area contributed by atoms with Gasteiger partial charge in [-0.15, -0.1) is 0 Å². The van der Waals surface area contributed by atoms with Crippen molar-refractivity contribution in [3.8, 4) is 0 Å². The van der Waals surface area contributed by atoms with Crippen LogP contribution in [0.15, 0.2) is 18.2 Å². The zero-order valence-electron chi connectivity index (χ0n) is 11.5. The predicted molar refractivity (Wildman–Crippen MR) is 77.0 cm³/mol. The molecule has 3 rings (SSSR count). The van der Waals surface area contributed by atoms with Gasteiger partial charge in [0.25, 0.3) is 0 Å². The van der Waals surface area contributed by atoms with Crippen LogP contribution >= 0.6 is 0 Å². The predicted octanol–water partition coefficient (Wildman–Crippen LogP) is 3.01. The molecular weight excluding hydrogens is 220 g/mol. The van der Waals surface area contributed by atoms with E-state index in [1.807, 2.05) is 0 Å². The summed E-state index contributed by atoms with van der Waals surface area (Å²) in [5.74, 6) is 0.753. The number of anilines is 1. The lowest BCUT2D eigenvalue weighted by Crippen LogP contribution is -2.45. The highest BCUT2D eigenvalue weighted by Gasteiger charge is 2.41. The molecule has 2 unspecified atom stereocenters. The molecule has 2 bridgehead atoms. The van der Waals surface area contributed by atoms with Gasteiger partial charge in [-0.1, -0.05) is 18.2 Å². The second-order valence-corrected chi connectivity index (χ2v) is 6.11. The summed E-state index contributed by atoms with van der Waals surface area (Å²) in [6.07, 6.45) is 5.30. The first-order chi connectivity index (χ1) is 8.70. The van der Waals surface area contributed by atoms with Crippen LogP contribution in [0.3, 0.4) is 0 Å². The third kappa shape index (κ3) is 1.83. The summed E-state index contributed by atoms with van der Waals surface area (Å²) in [6, 6.07) is 8.13. The highest BCUT2D eigenvalue weighted by Crippen LogP contribution is 2.43. The summed E-state index contributed by atoms with van der Waals surface area (Å²) >= 11 is 0. The Morgan fingerprint density at radius 2 is 1.67 bits per heavy atom. The third-order valence-electron chi connectivity index (χ3n) is 4.86. The van der Waals surface area contributed by atoms with Gasteiger partial charge in [0.05, 0.1) is 0 Å². The minimum atomic E-state index is 0.733. The fourth-order valence-corrected chi connectivity index (χ4v) is 4.06. The number of hydrogen-bond acceptors (Lipinski definition) is 2. The molecule has 2 fully saturated rings. The van der Waals surface area contributed by atoms with E-state index in [2.05, 4.69) is 36.9 Å². The van der Waals surface area contributed by atoms with Crippen molar-refractivity contribution in [2.45, 2.75) is 51.6 Å². The minimum Gasteiger partial charge on any atom is -0.365 e. The molecule has 2 nitrogen and oxygen atoms in total. The Labute approximate surface area is 110 Å². The van der Waals surface area contributed by atoms with E-state index in [0.717, 1.165) is 24.5 Å². The Bertz CT molecular complexity index is 406. The van der Waals surface area contributed by atoms with Crippen LogP contribution in [0.5, 0.6) is 0 Å². The van der Waals surface area contributed by atoms with Crippen molar-refractivity contribution < 1.29 is 0 Å². The molecule has 0 radical (unpaired) electrons. The highest BCUT2D eigenvalue weighted by atomic mass is 15.2. The maximum atomic E-state index is 5.88. The Morgan fingerprint density at radius 1 is 1.11 bits per heavy atom. The topological polar surface area (TPSA) is 29.3 Å². The molecule has 1 aromatic carbocycles. The van der Waals surface area contributed by atoms with E-state index in [0.29, 0.717) is 0 Å². The Hall–Kier alpha value is -1.02. The average molecular weight is 244 g/mol. The molecule has 1 aromatic rings. The van der Waals surface area contributed by atoms with Crippen LogP contribution in [0.25, 0.3) is 0 Å². The van der Waals surface area contributed by atoms with Gasteiger partial charge in [-0.05, 0) is 63.1 Å². The summed E-state index contributed by atoms with van der Waals surface area (Å²) < 4.78 is 0. The number of nitrogens with zero attached hydrogens (tertiary/aromatic N) is 1. The summed E-state index contributed by atoms with van der Waals surface area (Å²) in [7, 11) is 0. The largest absolute Gasteiger partial charge is 0.365 e. The summed E-state index contributed by atoms with van der Waals surface area (Å²) in [6.45, 7) is 5.36. The molecule has 0 aromatic heterocycles. The molecule has 98 valence electrons. The van der Waals surface area contributed by atoms with Gasteiger partial charge in [-0.25, -0.2) is 0 Å². The number of hydrogen-bond donors (Lipinski definition) is 1. The molecule has 2 heteroatoms. The molecule has 2 aliphatic rings. The summed E-state index contributed by atoms with van der Waals surface area (Å²) in [4.78, 5) is 2.72. The molecule has 0 amide bonds. The lowest BCUT2D eigenvalue weighted by Gasteiger charge is -2.41. The second-order valence-electron chi connectivity index (χ2n) is 6.11. The normalized spacial score (nSPS) is 30.8. The number of aryl methyl sites for hydroxylation is 2. The van der Waals surface area contributed by atoms with Crippen LogP contribution in [-0.4, -0.2) is 18.6 Å². The van der Waals surface area contributed by atoms with E-state index < -0.39 is 0 Å². The second kappa shape index (κ2) is 4.58. The fraction of sp³-hybridized carbons (Fsp3) is 0.625. The first-order valence-corrected chi connectivity index (χ1v) is 7.25. The van der Waals surface area contributed by atoms with E-state index in [9.17, 15) is 0 Å². The molecule has 0 aliphatic carbocycles. The SMILES string of the molecule is Cc1cccc(C)c1N1C2CCC1CC(CN)C2. The van der Waals surface area contributed by atoms with Crippen molar-refractivity contribution in [1.82, 2.24) is 0 Å². The molecular formula is C16H24N2. The van der Waals surface area contributed by atoms with Crippen molar-refractivity contribution in [2.24, 2.45) is 11.7 Å². The number of benzene rings is 1. The number of para-hydroxylation sites is 1. The van der Waals surface area contributed by atoms with Gasteiger partial charge in [0.15, 0.2) is 0 Å². The Kier molecular flexibility index (Phi) is 3.06. The van der Waals surface area contributed by atoms with Crippen LogP contribution in [0, 0.1) is 19.8 Å². The van der Waals surface area contributed by atoms with Crippen LogP contribution in [0.1, 0.15) is 36.8 Å². The Morgan fingerprint density at radius 3 is 2.17 bits per heavy atom. The van der Waals surface area contributed by atoms with Crippen LogP contribution in [0.2, 0.25) is 0 Å². The molecule has 2 atom stereocenters. The van der Waals surface area contributed by atoms with Crippen molar-refractivity contribution >= 4 is 5.69 Å². The fourth-order valence-electron chi connectivity index (χ4n) is 4.06. The lowest BCUT2D eigenvalue weighted by molar-refractivity contribution is 0.346. The molecule has 2 heterocycles. The van der Waals surface area contributed by atoms with Gasteiger partial charge < -0.3 is 10.6 Å². The molecule has 2 aliphatic heterocycles. The zero-order valence-corrected chi connectivity index (χ0v) is 11.5. The van der Waals surface area contributed by atoms with Gasteiger partial charge in [0, 0.05) is 17.8 Å². The van der Waals surface area contributed by atoms with E-state index >= 15 is 0 Å². The maximum Gasteiger partial charge on any atom is 0.0430 e. The lowest BCUT2D eigenvalue weighted by atomic mass is 9.89. The number of piperidine rings is 1. The quantitative estimate of drug-likeness (QED) is 0.866. The van der Waals surface area contributed by atoms with Crippen molar-refractivity contribution in [1.29, 1.82) is 0 Å². The highest BCUT2D eigenvalue weighted by molar-refractivity contribution is 5.61. The van der Waals surface area contributed by atoms with Gasteiger partial charge in [-0.3, -0.25) is 0 Å². The number of rotatable bonds is 2. The van der Waals surface area contributed by atoms with E-state index in [1.165, 1.54) is 42.5 Å². The van der Waals surface area contributed by atoms with Crippen LogP contribution < -0.4 is 10.6 Å². The van der Waals surface area contributed by atoms with Gasteiger partial charge >= 0.3 is 0 Å². The molecule has 2 N–H and O–H groups in total. The Balaban J connectivity index is 1.94. The molecule has 18 heavy (non-hydrogen) atoms. The molecule has 2 saturated heterocycles. The van der Waals surface area contributed by atoms with Crippen molar-refractivity contribution in [3.63, 3.8) is 0 Å². The first kappa shape index (κ1) is 12.0. The van der Waals surface area contributed by atoms with Crippen LogP contribution in [0.4, 0.5) is 5.69 Å². The maximum absolute atomic E-state index is 5.88. The summed E-state index contributed by atoms with van der Waals surface area (Å²) in [5.41, 5.74) is 10.2. The van der Waals surface area contributed by atoms with E-state index in [1.54, 1.807) is 0 Å². The van der Waals surface area contributed by atoms with Crippen molar-refractivity contribution in [2.75, 3.05) is 11.4 Å². The van der Waals surface area contributed by atoms with Gasteiger partial charge in [0.2, 0.25) is 0 Å². The molecule has 0 saturated carbocycles. The third-order valence-corrected chi connectivity index (χ3v) is 4.86. The van der Waals surface area contributed by atoms with Crippen LogP contribution in [-0.2, 0) is 0 Å². The average Bonchev–Trinajstić information content (AvgIpc) is 2.61. The summed E-state index contributed by atoms with van der Waals surface area (Å²) in [5, 5.41) is 0. The van der Waals surface area contributed by atoms with Gasteiger partial charge in [0.1, 0.15) is 0 Å². The zero-order chi connectivity index (χ0) is 12.7. The van der Waals surface area contributed by atoms with E-state index in [-0.39, 0.29) is 0 Å². The number of fused-ring (bicyclic) bond motifs is 2. The standard InChI is InChI=1S/C16H24N2/c1-11-4-3-5-12(2)16(11)18-14-6-7-15(18)9-13(8-14)10-17/h3-5,13-15H,6-10,17H2,1-2H3. The number of nitrogens with two attached hydrogens (primary N) is 1. The smallest absolute Gasteiger partial charge is 0.0430 e. The monoisotopic (exact) mass is 244 g/mol. The van der Waals surface area contributed by atoms with Gasteiger partial charge in [-0.2, -0.15) is 0 Å². The van der Waals surface area contributed by atoms with Crippen molar-refractivity contribution in [3.05, 3.63) is 29.3 Å². The minimum absolute atomic E-state index is 0.733. The first-order valence-electron chi connectivity index (χ1n) is 7.25. The molecule has 0 spiro atoms.